The predicted octanol–water partition coefficient (Wildman–Crippen LogP) is 3.02. The molecule has 0 saturated carbocycles. The normalized spacial score (nSPS) is 12.9. The summed E-state index contributed by atoms with van der Waals surface area (Å²) < 4.78 is 5.28. The minimum Gasteiger partial charge on any atom is -0.508 e. The minimum absolute atomic E-state index is 0.0137. The lowest BCUT2D eigenvalue weighted by Crippen LogP contribution is -2.52. The summed E-state index contributed by atoms with van der Waals surface area (Å²) in [6.45, 7) is 8.74. The molecule has 0 saturated heterocycles. The fourth-order valence-corrected chi connectivity index (χ4v) is 3.29. The van der Waals surface area contributed by atoms with E-state index in [2.05, 4.69) is 16.7 Å². The van der Waals surface area contributed by atoms with Crippen molar-refractivity contribution in [2.75, 3.05) is 12.0 Å². The number of aromatic hydroxyl groups is 1. The van der Waals surface area contributed by atoms with Crippen LogP contribution in [-0.2, 0) is 14.3 Å². The van der Waals surface area contributed by atoms with E-state index < -0.39 is 35.6 Å². The molecule has 176 valence electrons. The molecule has 0 spiro atoms. The number of nitrogens with zero attached hydrogens (tertiary/aromatic N) is 1. The second kappa shape index (κ2) is 12.2. The quantitative estimate of drug-likeness (QED) is 0.384. The van der Waals surface area contributed by atoms with Gasteiger partial charge in [-0.05, 0) is 70.7 Å². The van der Waals surface area contributed by atoms with Gasteiger partial charge in [-0.2, -0.15) is 11.8 Å². The number of carbonyl (C=O) groups is 3. The molecule has 1 aromatic rings. The van der Waals surface area contributed by atoms with Crippen molar-refractivity contribution in [3.63, 3.8) is 0 Å². The van der Waals surface area contributed by atoms with E-state index in [9.17, 15) is 19.5 Å². The molecule has 8 nitrogen and oxygen atoms in total. The van der Waals surface area contributed by atoms with Crippen LogP contribution in [-0.4, -0.2) is 57.6 Å². The van der Waals surface area contributed by atoms with Gasteiger partial charge in [0.25, 0.3) is 5.91 Å². The summed E-state index contributed by atoms with van der Waals surface area (Å²) in [5.74, 6) is -0.491. The number of ether oxygens (including phenoxy) is 1. The van der Waals surface area contributed by atoms with Crippen molar-refractivity contribution in [1.82, 2.24) is 15.5 Å². The van der Waals surface area contributed by atoms with E-state index in [0.29, 0.717) is 17.7 Å². The highest BCUT2D eigenvalue weighted by Crippen LogP contribution is 2.24. The molecule has 0 heterocycles. The summed E-state index contributed by atoms with van der Waals surface area (Å²) in [6.07, 6.45) is 7.11. The first-order valence-corrected chi connectivity index (χ1v) is 11.7. The summed E-state index contributed by atoms with van der Waals surface area (Å²) >= 11 is 1.51. The SMILES string of the molecule is C#CN(C(=O)C(CCSC)NC(=O)OC(C)(C)C)C(C(=O)NC(C)C)c1ccc(O)cc1. The second-order valence-corrected chi connectivity index (χ2v) is 9.46. The van der Waals surface area contributed by atoms with Gasteiger partial charge in [-0.15, -0.1) is 0 Å². The highest BCUT2D eigenvalue weighted by molar-refractivity contribution is 7.98. The van der Waals surface area contributed by atoms with Gasteiger partial charge in [-0.1, -0.05) is 18.6 Å². The van der Waals surface area contributed by atoms with E-state index >= 15 is 0 Å². The number of benzene rings is 1. The Hall–Kier alpha value is -2.86. The van der Waals surface area contributed by atoms with Crippen molar-refractivity contribution in [2.24, 2.45) is 0 Å². The summed E-state index contributed by atoms with van der Waals surface area (Å²) in [5.41, 5.74) is -0.317. The Kier molecular flexibility index (Phi) is 10.4. The molecule has 2 unspecified atom stereocenters. The van der Waals surface area contributed by atoms with E-state index in [1.54, 1.807) is 34.6 Å². The van der Waals surface area contributed by atoms with Crippen molar-refractivity contribution in [1.29, 1.82) is 0 Å². The first-order valence-electron chi connectivity index (χ1n) is 10.3. The third kappa shape index (κ3) is 8.71. The Labute approximate surface area is 194 Å². The molecule has 0 aliphatic rings. The number of hydrogen-bond donors (Lipinski definition) is 3. The molecule has 0 bridgehead atoms. The number of alkyl carbamates (subject to hydrolysis) is 1. The lowest BCUT2D eigenvalue weighted by Gasteiger charge is -2.30. The van der Waals surface area contributed by atoms with Crippen LogP contribution in [0.1, 0.15) is 52.6 Å². The topological polar surface area (TPSA) is 108 Å². The van der Waals surface area contributed by atoms with Crippen LogP contribution in [0.4, 0.5) is 4.79 Å². The van der Waals surface area contributed by atoms with Gasteiger partial charge in [-0.25, -0.2) is 4.79 Å². The number of hydrogen-bond acceptors (Lipinski definition) is 6. The highest BCUT2D eigenvalue weighted by Gasteiger charge is 2.35. The Morgan fingerprint density at radius 3 is 2.25 bits per heavy atom. The summed E-state index contributed by atoms with van der Waals surface area (Å²) in [6, 6.07) is 5.86. The number of carbonyl (C=O) groups excluding carboxylic acids is 3. The number of phenols is 1. The lowest BCUT2D eigenvalue weighted by atomic mass is 10.0. The summed E-state index contributed by atoms with van der Waals surface area (Å²) in [7, 11) is 0. The minimum atomic E-state index is -1.15. The third-order valence-corrected chi connectivity index (χ3v) is 4.77. The fraction of sp³-hybridized carbons (Fsp3) is 0.522. The zero-order valence-electron chi connectivity index (χ0n) is 19.5. The largest absolute Gasteiger partial charge is 0.508 e. The van der Waals surface area contributed by atoms with Crippen LogP contribution in [0.25, 0.3) is 0 Å². The Morgan fingerprint density at radius 2 is 1.78 bits per heavy atom. The van der Waals surface area contributed by atoms with E-state index in [0.717, 1.165) is 4.90 Å². The van der Waals surface area contributed by atoms with Gasteiger partial charge >= 0.3 is 6.09 Å². The van der Waals surface area contributed by atoms with Crippen molar-refractivity contribution in [3.05, 3.63) is 29.8 Å². The van der Waals surface area contributed by atoms with Crippen LogP contribution in [0, 0.1) is 12.5 Å². The molecule has 2 atom stereocenters. The van der Waals surface area contributed by atoms with Gasteiger partial charge in [0, 0.05) is 12.1 Å². The van der Waals surface area contributed by atoms with Crippen molar-refractivity contribution < 1.29 is 24.2 Å². The fourth-order valence-electron chi connectivity index (χ4n) is 2.81. The number of amides is 3. The van der Waals surface area contributed by atoms with Crippen LogP contribution in [0.2, 0.25) is 0 Å². The standard InChI is InChI=1S/C23H33N3O5S/c1-8-26(19(20(28)24-15(2)3)16-9-11-17(27)12-10-16)21(29)18(13-14-32-7)25-22(30)31-23(4,5)6/h1,9-12,15,18-19,27H,13-14H2,2-7H3,(H,24,28)(H,25,30). The lowest BCUT2D eigenvalue weighted by molar-refractivity contribution is -0.138. The molecule has 9 heteroatoms. The molecule has 0 fully saturated rings. The van der Waals surface area contributed by atoms with Crippen LogP contribution in [0.3, 0.4) is 0 Å². The van der Waals surface area contributed by atoms with Crippen molar-refractivity contribution >= 4 is 29.7 Å². The van der Waals surface area contributed by atoms with Crippen molar-refractivity contribution in [2.45, 2.75) is 64.8 Å². The summed E-state index contributed by atoms with van der Waals surface area (Å²) in [5, 5.41) is 15.0. The Bertz CT molecular complexity index is 828. The number of nitrogens with one attached hydrogen (secondary N) is 2. The van der Waals surface area contributed by atoms with Crippen LogP contribution in [0.5, 0.6) is 5.75 Å². The van der Waals surface area contributed by atoms with E-state index in [1.165, 1.54) is 36.0 Å². The van der Waals surface area contributed by atoms with Gasteiger partial charge < -0.3 is 20.5 Å². The molecule has 0 aliphatic carbocycles. The molecule has 0 aliphatic heterocycles. The van der Waals surface area contributed by atoms with E-state index in [1.807, 2.05) is 6.26 Å². The maximum Gasteiger partial charge on any atom is 0.408 e. The number of phenolic OH excluding ortho intramolecular Hbond substituents is 1. The zero-order chi connectivity index (χ0) is 24.5. The Morgan fingerprint density at radius 1 is 1.19 bits per heavy atom. The average molecular weight is 464 g/mol. The van der Waals surface area contributed by atoms with Crippen molar-refractivity contribution in [3.8, 4) is 18.2 Å². The smallest absolute Gasteiger partial charge is 0.408 e. The highest BCUT2D eigenvalue weighted by atomic mass is 32.2. The third-order valence-electron chi connectivity index (χ3n) is 4.12. The molecule has 0 aromatic heterocycles. The molecule has 3 amide bonds. The molecule has 1 aromatic carbocycles. The van der Waals surface area contributed by atoms with Gasteiger partial charge in [0.1, 0.15) is 23.4 Å². The van der Waals surface area contributed by atoms with Gasteiger partial charge in [0.2, 0.25) is 5.91 Å². The van der Waals surface area contributed by atoms with Crippen LogP contribution < -0.4 is 10.6 Å². The Balaban J connectivity index is 3.30. The maximum atomic E-state index is 13.4. The maximum absolute atomic E-state index is 13.4. The van der Waals surface area contributed by atoms with Crippen LogP contribution >= 0.6 is 11.8 Å². The second-order valence-electron chi connectivity index (χ2n) is 8.47. The number of rotatable bonds is 9. The first kappa shape index (κ1) is 27.2. The molecule has 0 radical (unpaired) electrons. The molecule has 1 rings (SSSR count). The first-order chi connectivity index (χ1) is 14.9. The number of thioether (sulfide) groups is 1. The van der Waals surface area contributed by atoms with E-state index in [4.69, 9.17) is 11.2 Å². The predicted molar refractivity (Wildman–Crippen MR) is 126 cm³/mol. The molecule has 3 N–H and O–H groups in total. The molecule has 32 heavy (non-hydrogen) atoms. The van der Waals surface area contributed by atoms with Gasteiger partial charge in [0.05, 0.1) is 0 Å². The zero-order valence-corrected chi connectivity index (χ0v) is 20.3. The number of terminal acetylenes is 1. The monoisotopic (exact) mass is 463 g/mol. The van der Waals surface area contributed by atoms with Crippen LogP contribution in [0.15, 0.2) is 24.3 Å². The van der Waals surface area contributed by atoms with E-state index in [-0.39, 0.29) is 11.8 Å². The van der Waals surface area contributed by atoms with Gasteiger partial charge in [0.15, 0.2) is 0 Å². The van der Waals surface area contributed by atoms with Gasteiger partial charge in [-0.3, -0.25) is 14.5 Å². The summed E-state index contributed by atoms with van der Waals surface area (Å²) in [4.78, 5) is 39.8. The molecular weight excluding hydrogens is 430 g/mol. The molecular formula is C23H33N3O5S. The average Bonchev–Trinajstić information content (AvgIpc) is 2.67.